The summed E-state index contributed by atoms with van der Waals surface area (Å²) in [5.41, 5.74) is -0.660. The van der Waals surface area contributed by atoms with Crippen molar-refractivity contribution in [1.82, 2.24) is 4.90 Å². The Kier molecular flexibility index (Phi) is 4.21. The Morgan fingerprint density at radius 2 is 2.12 bits per heavy atom. The fourth-order valence-electron chi connectivity index (χ4n) is 4.31. The van der Waals surface area contributed by atoms with Crippen LogP contribution in [0.3, 0.4) is 0 Å². The molecule has 3 rings (SSSR count). The number of hydrogen-bond acceptors (Lipinski definition) is 5. The molecule has 7 nitrogen and oxygen atoms in total. The lowest BCUT2D eigenvalue weighted by Crippen LogP contribution is -2.55. The van der Waals surface area contributed by atoms with Crippen LogP contribution in [0.2, 0.25) is 0 Å². The van der Waals surface area contributed by atoms with Gasteiger partial charge in [0.25, 0.3) is 5.69 Å². The van der Waals surface area contributed by atoms with Crippen LogP contribution in [0, 0.1) is 16.0 Å². The molecule has 1 aliphatic heterocycles. The van der Waals surface area contributed by atoms with E-state index >= 15 is 0 Å². The van der Waals surface area contributed by atoms with Crippen LogP contribution in [0.15, 0.2) is 18.2 Å². The standard InChI is InChI=1S/C17H22N2O5/c1-11(20)18-9-8-17(22)7-3-2-4-14(17)16(18)13-10-12(19(23)24)5-6-15(13)21/h5-6,10,14,16,21-22H,2-4,7-9H2,1H3/t14-,16-,17-/m1/s1. The minimum absolute atomic E-state index is 0.0772. The number of benzene rings is 1. The molecule has 0 radical (unpaired) electrons. The summed E-state index contributed by atoms with van der Waals surface area (Å²) in [6.45, 7) is 1.84. The predicted molar refractivity (Wildman–Crippen MR) is 86.4 cm³/mol. The van der Waals surface area contributed by atoms with Gasteiger partial charge in [-0.3, -0.25) is 14.9 Å². The molecular formula is C17H22N2O5. The first-order valence-electron chi connectivity index (χ1n) is 8.30. The summed E-state index contributed by atoms with van der Waals surface area (Å²) in [4.78, 5) is 24.3. The fourth-order valence-corrected chi connectivity index (χ4v) is 4.31. The number of aromatic hydroxyl groups is 1. The largest absolute Gasteiger partial charge is 0.508 e. The van der Waals surface area contributed by atoms with E-state index in [0.717, 1.165) is 19.3 Å². The van der Waals surface area contributed by atoms with Crippen molar-refractivity contribution >= 4 is 11.6 Å². The van der Waals surface area contributed by atoms with Gasteiger partial charge in [-0.2, -0.15) is 0 Å². The van der Waals surface area contributed by atoms with Gasteiger partial charge in [-0.05, 0) is 25.3 Å². The SMILES string of the molecule is CC(=O)N1CC[C@]2(O)CCCC[C@@H]2[C@H]1c1cc([N+](=O)[O-])ccc1O. The monoisotopic (exact) mass is 334 g/mol. The third-order valence-electron chi connectivity index (χ3n) is 5.51. The number of carbonyl (C=O) groups excluding carboxylic acids is 1. The normalized spacial score (nSPS) is 29.8. The Balaban J connectivity index is 2.10. The molecule has 1 aliphatic carbocycles. The molecule has 1 aromatic rings. The number of nitro groups is 1. The van der Waals surface area contributed by atoms with E-state index in [1.54, 1.807) is 4.90 Å². The number of hydrogen-bond donors (Lipinski definition) is 2. The number of carbonyl (C=O) groups is 1. The van der Waals surface area contributed by atoms with Crippen molar-refractivity contribution in [3.63, 3.8) is 0 Å². The molecule has 130 valence electrons. The predicted octanol–water partition coefficient (Wildman–Crippen LogP) is 2.52. The zero-order chi connectivity index (χ0) is 17.5. The molecule has 1 saturated carbocycles. The van der Waals surface area contributed by atoms with Gasteiger partial charge < -0.3 is 15.1 Å². The molecule has 2 N–H and O–H groups in total. The molecule has 2 aliphatic rings. The van der Waals surface area contributed by atoms with Gasteiger partial charge >= 0.3 is 0 Å². The van der Waals surface area contributed by atoms with Crippen molar-refractivity contribution in [3.05, 3.63) is 33.9 Å². The van der Waals surface area contributed by atoms with E-state index in [-0.39, 0.29) is 23.3 Å². The molecule has 24 heavy (non-hydrogen) atoms. The van der Waals surface area contributed by atoms with Gasteiger partial charge in [-0.25, -0.2) is 0 Å². The molecule has 1 amide bonds. The first kappa shape index (κ1) is 16.7. The van der Waals surface area contributed by atoms with Crippen LogP contribution in [0.4, 0.5) is 5.69 Å². The summed E-state index contributed by atoms with van der Waals surface area (Å²) in [5, 5.41) is 32.4. The molecule has 0 aromatic heterocycles. The van der Waals surface area contributed by atoms with Crippen LogP contribution in [0.5, 0.6) is 5.75 Å². The average Bonchev–Trinajstić information content (AvgIpc) is 2.53. The zero-order valence-corrected chi connectivity index (χ0v) is 13.6. The molecular weight excluding hydrogens is 312 g/mol. The van der Waals surface area contributed by atoms with Gasteiger partial charge in [-0.1, -0.05) is 12.8 Å². The second-order valence-corrected chi connectivity index (χ2v) is 6.86. The Morgan fingerprint density at radius 1 is 1.38 bits per heavy atom. The highest BCUT2D eigenvalue weighted by molar-refractivity contribution is 5.74. The summed E-state index contributed by atoms with van der Waals surface area (Å²) < 4.78 is 0. The summed E-state index contributed by atoms with van der Waals surface area (Å²) in [6.07, 6.45) is 3.76. The number of rotatable bonds is 2. The molecule has 0 unspecified atom stereocenters. The van der Waals surface area contributed by atoms with E-state index in [4.69, 9.17) is 0 Å². The van der Waals surface area contributed by atoms with Crippen LogP contribution < -0.4 is 0 Å². The molecule has 0 spiro atoms. The number of fused-ring (bicyclic) bond motifs is 1. The van der Waals surface area contributed by atoms with E-state index < -0.39 is 16.6 Å². The van der Waals surface area contributed by atoms with Crippen molar-refractivity contribution in [2.75, 3.05) is 6.54 Å². The molecule has 3 atom stereocenters. The highest BCUT2D eigenvalue weighted by Crippen LogP contribution is 2.51. The fraction of sp³-hybridized carbons (Fsp3) is 0.588. The second-order valence-electron chi connectivity index (χ2n) is 6.86. The van der Waals surface area contributed by atoms with Crippen molar-refractivity contribution < 1.29 is 19.9 Å². The van der Waals surface area contributed by atoms with Crippen LogP contribution in [-0.4, -0.2) is 38.1 Å². The number of nitro benzene ring substituents is 1. The van der Waals surface area contributed by atoms with Crippen LogP contribution in [-0.2, 0) is 4.79 Å². The van der Waals surface area contributed by atoms with Crippen LogP contribution in [0.25, 0.3) is 0 Å². The Morgan fingerprint density at radius 3 is 2.79 bits per heavy atom. The summed E-state index contributed by atoms with van der Waals surface area (Å²) in [5.74, 6) is -0.456. The Labute approximate surface area is 140 Å². The topological polar surface area (TPSA) is 104 Å². The lowest BCUT2D eigenvalue weighted by molar-refractivity contribution is -0.385. The van der Waals surface area contributed by atoms with E-state index in [1.807, 2.05) is 0 Å². The lowest BCUT2D eigenvalue weighted by atomic mass is 9.66. The van der Waals surface area contributed by atoms with Crippen molar-refractivity contribution in [2.45, 2.75) is 50.7 Å². The van der Waals surface area contributed by atoms with Crippen LogP contribution in [0.1, 0.15) is 50.6 Å². The summed E-state index contributed by atoms with van der Waals surface area (Å²) in [7, 11) is 0. The highest BCUT2D eigenvalue weighted by atomic mass is 16.6. The van der Waals surface area contributed by atoms with Crippen molar-refractivity contribution in [3.8, 4) is 5.75 Å². The van der Waals surface area contributed by atoms with Gasteiger partial charge in [0.15, 0.2) is 0 Å². The molecule has 1 aromatic carbocycles. The molecule has 1 heterocycles. The van der Waals surface area contributed by atoms with E-state index in [2.05, 4.69) is 0 Å². The first-order valence-corrected chi connectivity index (χ1v) is 8.30. The average molecular weight is 334 g/mol. The Bertz CT molecular complexity index is 677. The number of non-ortho nitro benzene ring substituents is 1. The number of nitrogens with zero attached hydrogens (tertiary/aromatic N) is 2. The lowest BCUT2D eigenvalue weighted by Gasteiger charge is -2.52. The van der Waals surface area contributed by atoms with Gasteiger partial charge in [-0.15, -0.1) is 0 Å². The number of aliphatic hydroxyl groups is 1. The van der Waals surface area contributed by atoms with Crippen LogP contribution >= 0.6 is 0 Å². The molecule has 2 fully saturated rings. The maximum atomic E-state index is 12.1. The van der Waals surface area contributed by atoms with Gasteiger partial charge in [0, 0.05) is 37.1 Å². The third kappa shape index (κ3) is 2.73. The minimum atomic E-state index is -0.883. The number of likely N-dealkylation sites (tertiary alicyclic amines) is 1. The van der Waals surface area contributed by atoms with Gasteiger partial charge in [0.1, 0.15) is 5.75 Å². The van der Waals surface area contributed by atoms with E-state index in [1.165, 1.54) is 25.1 Å². The van der Waals surface area contributed by atoms with Crippen molar-refractivity contribution in [2.24, 2.45) is 5.92 Å². The van der Waals surface area contributed by atoms with Gasteiger partial charge in [0.05, 0.1) is 16.6 Å². The van der Waals surface area contributed by atoms with E-state index in [9.17, 15) is 25.1 Å². The molecule has 1 saturated heterocycles. The number of phenolic OH excluding ortho intramolecular Hbond substituents is 1. The zero-order valence-electron chi connectivity index (χ0n) is 13.6. The molecule has 0 bridgehead atoms. The van der Waals surface area contributed by atoms with Crippen molar-refractivity contribution in [1.29, 1.82) is 0 Å². The number of amides is 1. The van der Waals surface area contributed by atoms with E-state index in [0.29, 0.717) is 24.9 Å². The summed E-state index contributed by atoms with van der Waals surface area (Å²) in [6, 6.07) is 3.33. The highest BCUT2D eigenvalue weighted by Gasteiger charge is 2.50. The first-order chi connectivity index (χ1) is 11.3. The quantitative estimate of drug-likeness (QED) is 0.639. The Hall–Kier alpha value is -2.15. The summed E-state index contributed by atoms with van der Waals surface area (Å²) >= 11 is 0. The maximum absolute atomic E-state index is 12.1. The number of piperidine rings is 1. The molecule has 7 heteroatoms. The third-order valence-corrected chi connectivity index (χ3v) is 5.51. The second kappa shape index (κ2) is 6.05. The minimum Gasteiger partial charge on any atom is -0.508 e. The maximum Gasteiger partial charge on any atom is 0.270 e. The smallest absolute Gasteiger partial charge is 0.270 e. The van der Waals surface area contributed by atoms with Gasteiger partial charge in [0.2, 0.25) is 5.91 Å². The number of phenols is 1.